The molecule has 1 aliphatic heterocycles. The first kappa shape index (κ1) is 16.4. The number of hydrogen-bond acceptors (Lipinski definition) is 5. The lowest BCUT2D eigenvalue weighted by molar-refractivity contribution is -0.00491. The van der Waals surface area contributed by atoms with Gasteiger partial charge in [-0.1, -0.05) is 0 Å². The van der Waals surface area contributed by atoms with Crippen LogP contribution in [0.5, 0.6) is 0 Å². The van der Waals surface area contributed by atoms with E-state index in [0.29, 0.717) is 24.7 Å². The molecule has 3 heterocycles. The summed E-state index contributed by atoms with van der Waals surface area (Å²) in [5, 5.41) is 7.00. The number of hydrogen-bond donors (Lipinski definition) is 1. The molecule has 0 aromatic carbocycles. The molecule has 1 unspecified atom stereocenters. The number of amides is 2. The third kappa shape index (κ3) is 3.53. The summed E-state index contributed by atoms with van der Waals surface area (Å²) < 4.78 is 7.16. The summed E-state index contributed by atoms with van der Waals surface area (Å²) in [6.07, 6.45) is 9.19. The second kappa shape index (κ2) is 6.96. The van der Waals surface area contributed by atoms with Crippen LogP contribution >= 0.6 is 0 Å². The Kier molecular flexibility index (Phi) is 4.75. The third-order valence-electron chi connectivity index (χ3n) is 4.45. The average Bonchev–Trinajstić information content (AvgIpc) is 3.05. The standard InChI is InChI=1S/C16H22N6O2/c1-16(24-2)5-3-10-21(12-6-16)15(23)20-13-14(18-9-8-17-13)22-11-4-7-19-22/h4,7-9,11H,3,5-6,10,12H2,1-2H3,(H,17,20,23). The monoisotopic (exact) mass is 330 g/mol. The maximum atomic E-state index is 12.6. The lowest BCUT2D eigenvalue weighted by Crippen LogP contribution is -2.37. The van der Waals surface area contributed by atoms with Crippen LogP contribution in [0.3, 0.4) is 0 Å². The molecule has 24 heavy (non-hydrogen) atoms. The predicted molar refractivity (Wildman–Crippen MR) is 89.0 cm³/mol. The molecule has 1 aliphatic rings. The molecule has 0 saturated carbocycles. The van der Waals surface area contributed by atoms with Crippen LogP contribution in [0.15, 0.2) is 30.9 Å². The van der Waals surface area contributed by atoms with Crippen molar-refractivity contribution in [2.75, 3.05) is 25.5 Å². The predicted octanol–water partition coefficient (Wildman–Crippen LogP) is 2.09. The Balaban J connectivity index is 1.72. The van der Waals surface area contributed by atoms with Crippen molar-refractivity contribution in [2.24, 2.45) is 0 Å². The number of carbonyl (C=O) groups is 1. The number of aromatic nitrogens is 4. The van der Waals surface area contributed by atoms with E-state index in [1.165, 1.54) is 0 Å². The van der Waals surface area contributed by atoms with Gasteiger partial charge in [-0.3, -0.25) is 5.32 Å². The van der Waals surface area contributed by atoms with Crippen LogP contribution in [0.4, 0.5) is 10.6 Å². The molecule has 0 spiro atoms. The highest BCUT2D eigenvalue weighted by Gasteiger charge is 2.29. The van der Waals surface area contributed by atoms with Crippen molar-refractivity contribution in [3.63, 3.8) is 0 Å². The summed E-state index contributed by atoms with van der Waals surface area (Å²) in [6, 6.07) is 1.62. The summed E-state index contributed by atoms with van der Waals surface area (Å²) in [5.74, 6) is 0.886. The van der Waals surface area contributed by atoms with Gasteiger partial charge in [-0.25, -0.2) is 19.4 Å². The van der Waals surface area contributed by atoms with Gasteiger partial charge in [0.05, 0.1) is 5.60 Å². The summed E-state index contributed by atoms with van der Waals surface area (Å²) in [5.41, 5.74) is -0.165. The van der Waals surface area contributed by atoms with Crippen molar-refractivity contribution < 1.29 is 9.53 Å². The Labute approximate surface area is 140 Å². The Morgan fingerprint density at radius 2 is 2.08 bits per heavy atom. The molecule has 8 heteroatoms. The van der Waals surface area contributed by atoms with E-state index in [1.807, 2.05) is 0 Å². The molecule has 128 valence electrons. The highest BCUT2D eigenvalue weighted by atomic mass is 16.5. The van der Waals surface area contributed by atoms with Crippen LogP contribution in [0.2, 0.25) is 0 Å². The van der Waals surface area contributed by atoms with Gasteiger partial charge in [0.2, 0.25) is 0 Å². The second-order valence-electron chi connectivity index (χ2n) is 6.10. The Hall–Kier alpha value is -2.48. The minimum atomic E-state index is -0.177. The zero-order chi connectivity index (χ0) is 17.0. The number of nitrogens with one attached hydrogen (secondary N) is 1. The van der Waals surface area contributed by atoms with Gasteiger partial charge >= 0.3 is 6.03 Å². The Bertz CT molecular complexity index is 690. The fourth-order valence-corrected chi connectivity index (χ4v) is 2.82. The van der Waals surface area contributed by atoms with E-state index in [4.69, 9.17) is 4.74 Å². The van der Waals surface area contributed by atoms with E-state index in [9.17, 15) is 4.79 Å². The van der Waals surface area contributed by atoms with Crippen molar-refractivity contribution in [2.45, 2.75) is 31.8 Å². The third-order valence-corrected chi connectivity index (χ3v) is 4.45. The largest absolute Gasteiger partial charge is 0.378 e. The molecule has 2 amide bonds. The van der Waals surface area contributed by atoms with Crippen LogP contribution < -0.4 is 5.32 Å². The van der Waals surface area contributed by atoms with Crippen molar-refractivity contribution in [3.05, 3.63) is 30.9 Å². The quantitative estimate of drug-likeness (QED) is 0.931. The molecule has 2 aromatic heterocycles. The number of likely N-dealkylation sites (tertiary alicyclic amines) is 1. The van der Waals surface area contributed by atoms with E-state index < -0.39 is 0 Å². The average molecular weight is 330 g/mol. The van der Waals surface area contributed by atoms with Gasteiger partial charge in [-0.2, -0.15) is 5.10 Å². The highest BCUT2D eigenvalue weighted by Crippen LogP contribution is 2.25. The fourth-order valence-electron chi connectivity index (χ4n) is 2.82. The van der Waals surface area contributed by atoms with Crippen molar-refractivity contribution >= 4 is 11.8 Å². The van der Waals surface area contributed by atoms with Crippen LogP contribution in [-0.2, 0) is 4.74 Å². The molecule has 1 saturated heterocycles. The Morgan fingerprint density at radius 1 is 1.25 bits per heavy atom. The number of rotatable bonds is 3. The minimum absolute atomic E-state index is 0.165. The molecule has 0 bridgehead atoms. The number of urea groups is 1. The molecule has 2 aromatic rings. The number of nitrogens with zero attached hydrogens (tertiary/aromatic N) is 5. The molecular weight excluding hydrogens is 308 g/mol. The van der Waals surface area contributed by atoms with Crippen LogP contribution in [0, 0.1) is 0 Å². The maximum Gasteiger partial charge on any atom is 0.323 e. The second-order valence-corrected chi connectivity index (χ2v) is 6.10. The number of anilines is 1. The maximum absolute atomic E-state index is 12.6. The topological polar surface area (TPSA) is 85.2 Å². The number of ether oxygens (including phenoxy) is 1. The smallest absolute Gasteiger partial charge is 0.323 e. The first-order chi connectivity index (χ1) is 11.6. The lowest BCUT2D eigenvalue weighted by atomic mass is 9.97. The van der Waals surface area contributed by atoms with Crippen LogP contribution in [0.25, 0.3) is 5.82 Å². The van der Waals surface area contributed by atoms with E-state index in [1.54, 1.807) is 47.5 Å². The van der Waals surface area contributed by atoms with Gasteiger partial charge in [0.25, 0.3) is 0 Å². The van der Waals surface area contributed by atoms with Crippen molar-refractivity contribution in [1.82, 2.24) is 24.6 Å². The zero-order valence-electron chi connectivity index (χ0n) is 14.0. The molecule has 3 rings (SSSR count). The fraction of sp³-hybridized carbons (Fsp3) is 0.500. The van der Waals surface area contributed by atoms with E-state index in [-0.39, 0.29) is 11.6 Å². The summed E-state index contributed by atoms with van der Waals surface area (Å²) in [7, 11) is 1.73. The normalized spacial score (nSPS) is 21.3. The van der Waals surface area contributed by atoms with E-state index in [2.05, 4.69) is 27.3 Å². The minimum Gasteiger partial charge on any atom is -0.378 e. The highest BCUT2D eigenvalue weighted by molar-refractivity contribution is 5.89. The molecule has 0 aliphatic carbocycles. The van der Waals surface area contributed by atoms with Gasteiger partial charge in [0, 0.05) is 45.0 Å². The number of carbonyl (C=O) groups excluding carboxylic acids is 1. The first-order valence-electron chi connectivity index (χ1n) is 8.03. The van der Waals surface area contributed by atoms with Gasteiger partial charge in [0.15, 0.2) is 11.6 Å². The van der Waals surface area contributed by atoms with E-state index in [0.717, 1.165) is 19.3 Å². The van der Waals surface area contributed by atoms with Gasteiger partial charge in [-0.05, 0) is 32.3 Å². The molecule has 1 atom stereocenters. The summed E-state index contributed by atoms with van der Waals surface area (Å²) in [4.78, 5) is 22.9. The van der Waals surface area contributed by atoms with Gasteiger partial charge in [-0.15, -0.1) is 0 Å². The Morgan fingerprint density at radius 3 is 2.83 bits per heavy atom. The van der Waals surface area contributed by atoms with Crippen molar-refractivity contribution in [3.8, 4) is 5.82 Å². The zero-order valence-corrected chi connectivity index (χ0v) is 14.0. The van der Waals surface area contributed by atoms with E-state index >= 15 is 0 Å². The SMILES string of the molecule is COC1(C)CCCN(C(=O)Nc2nccnc2-n2cccn2)CC1. The summed E-state index contributed by atoms with van der Waals surface area (Å²) >= 11 is 0. The van der Waals surface area contributed by atoms with Gasteiger partial charge < -0.3 is 9.64 Å². The molecule has 0 radical (unpaired) electrons. The molecule has 1 fully saturated rings. The number of methoxy groups -OCH3 is 1. The van der Waals surface area contributed by atoms with Crippen LogP contribution in [0.1, 0.15) is 26.2 Å². The lowest BCUT2D eigenvalue weighted by Gasteiger charge is -2.26. The van der Waals surface area contributed by atoms with Gasteiger partial charge in [0.1, 0.15) is 0 Å². The molecular formula is C16H22N6O2. The van der Waals surface area contributed by atoms with Crippen molar-refractivity contribution in [1.29, 1.82) is 0 Å². The summed E-state index contributed by atoms with van der Waals surface area (Å²) in [6.45, 7) is 3.43. The molecule has 1 N–H and O–H groups in total. The molecule has 8 nitrogen and oxygen atoms in total. The van der Waals surface area contributed by atoms with Crippen LogP contribution in [-0.4, -0.2) is 56.5 Å². The first-order valence-corrected chi connectivity index (χ1v) is 8.03.